The van der Waals surface area contributed by atoms with E-state index in [1.165, 1.54) is 44.8 Å². The zero-order valence-electron chi connectivity index (χ0n) is 15.9. The van der Waals surface area contributed by atoms with Crippen LogP contribution in [0.4, 0.5) is 0 Å². The molecule has 27 heavy (non-hydrogen) atoms. The number of esters is 1. The third kappa shape index (κ3) is 6.51. The Morgan fingerprint density at radius 2 is 1.81 bits per heavy atom. The van der Waals surface area contributed by atoms with E-state index in [9.17, 15) is 14.4 Å². The van der Waals surface area contributed by atoms with Crippen LogP contribution in [0.1, 0.15) is 51.5 Å². The molecule has 0 spiro atoms. The van der Waals surface area contributed by atoms with Crippen molar-refractivity contribution in [1.82, 2.24) is 0 Å². The maximum absolute atomic E-state index is 12.2. The van der Waals surface area contributed by atoms with Crippen LogP contribution in [0.15, 0.2) is 42.2 Å². The Morgan fingerprint density at radius 3 is 2.48 bits per heavy atom. The van der Waals surface area contributed by atoms with Gasteiger partial charge in [-0.1, -0.05) is 50.8 Å². The molecule has 144 valence electrons. The summed E-state index contributed by atoms with van der Waals surface area (Å²) in [7, 11) is 0. The molecule has 1 atom stereocenters. The fourth-order valence-electron chi connectivity index (χ4n) is 2.75. The largest absolute Gasteiger partial charge is 0.494 e. The summed E-state index contributed by atoms with van der Waals surface area (Å²) in [6.07, 6.45) is 9.93. The molecule has 1 aromatic carbocycles. The molecule has 0 aliphatic carbocycles. The van der Waals surface area contributed by atoms with Crippen molar-refractivity contribution >= 4 is 23.6 Å². The van der Waals surface area contributed by atoms with Crippen molar-refractivity contribution in [3.05, 3.63) is 47.7 Å². The molecule has 1 heterocycles. The summed E-state index contributed by atoms with van der Waals surface area (Å²) in [5, 5.41) is 0. The van der Waals surface area contributed by atoms with E-state index in [1.807, 2.05) is 24.3 Å². The van der Waals surface area contributed by atoms with E-state index < -0.39 is 23.5 Å². The quantitative estimate of drug-likeness (QED) is 0.266. The zero-order chi connectivity index (χ0) is 19.6. The first kappa shape index (κ1) is 20.6. The molecule has 0 bridgehead atoms. The van der Waals surface area contributed by atoms with Crippen LogP contribution >= 0.6 is 0 Å². The van der Waals surface area contributed by atoms with Crippen molar-refractivity contribution in [2.75, 3.05) is 6.61 Å². The molecule has 0 fully saturated rings. The number of rotatable bonds is 10. The van der Waals surface area contributed by atoms with Gasteiger partial charge >= 0.3 is 5.97 Å². The van der Waals surface area contributed by atoms with Crippen LogP contribution in [-0.4, -0.2) is 24.1 Å². The van der Waals surface area contributed by atoms with E-state index in [-0.39, 0.29) is 5.76 Å². The van der Waals surface area contributed by atoms with Gasteiger partial charge in [-0.15, -0.1) is 0 Å². The molecule has 0 amide bonds. The molecule has 1 unspecified atom stereocenters. The molecule has 5 nitrogen and oxygen atoms in total. The topological polar surface area (TPSA) is 69.7 Å². The fraction of sp³-hybridized carbons (Fsp3) is 0.409. The number of carbonyl (C=O) groups excluding carboxylic acids is 3. The second-order valence-electron chi connectivity index (χ2n) is 6.58. The molecule has 0 radical (unpaired) electrons. The average Bonchev–Trinajstić information content (AvgIpc) is 2.63. The monoisotopic (exact) mass is 370 g/mol. The lowest BCUT2D eigenvalue weighted by atomic mass is 9.96. The van der Waals surface area contributed by atoms with Crippen molar-refractivity contribution in [2.24, 2.45) is 5.92 Å². The van der Waals surface area contributed by atoms with Crippen molar-refractivity contribution in [3.63, 3.8) is 0 Å². The van der Waals surface area contributed by atoms with Crippen LogP contribution in [0.25, 0.3) is 6.08 Å². The Kier molecular flexibility index (Phi) is 7.99. The number of cyclic esters (lactones) is 1. The second-order valence-corrected chi connectivity index (χ2v) is 6.58. The third-order valence-electron chi connectivity index (χ3n) is 4.25. The summed E-state index contributed by atoms with van der Waals surface area (Å²) < 4.78 is 10.6. The molecule has 0 saturated carbocycles. The Hall–Kier alpha value is -2.69. The summed E-state index contributed by atoms with van der Waals surface area (Å²) >= 11 is 0. The lowest BCUT2D eigenvalue weighted by Gasteiger charge is -2.15. The van der Waals surface area contributed by atoms with Gasteiger partial charge in [0, 0.05) is 6.08 Å². The maximum atomic E-state index is 12.2. The van der Waals surface area contributed by atoms with Gasteiger partial charge in [-0.05, 0) is 37.1 Å². The van der Waals surface area contributed by atoms with E-state index in [0.29, 0.717) is 6.61 Å². The smallest absolute Gasteiger partial charge is 0.329 e. The highest BCUT2D eigenvalue weighted by molar-refractivity contribution is 6.25. The predicted molar refractivity (Wildman–Crippen MR) is 103 cm³/mol. The van der Waals surface area contributed by atoms with Gasteiger partial charge in [-0.3, -0.25) is 14.4 Å². The molecule has 2 rings (SSSR count). The van der Waals surface area contributed by atoms with Crippen molar-refractivity contribution in [3.8, 4) is 5.75 Å². The molecule has 5 heteroatoms. The van der Waals surface area contributed by atoms with E-state index in [2.05, 4.69) is 6.92 Å². The third-order valence-corrected chi connectivity index (χ3v) is 4.25. The first-order valence-electron chi connectivity index (χ1n) is 9.40. The minimum atomic E-state index is -1.40. The zero-order valence-corrected chi connectivity index (χ0v) is 15.9. The molecule has 1 aliphatic rings. The lowest BCUT2D eigenvalue weighted by molar-refractivity contribution is -0.151. The highest BCUT2D eigenvalue weighted by atomic mass is 16.5. The van der Waals surface area contributed by atoms with Crippen LogP contribution in [0.5, 0.6) is 5.75 Å². The standard InChI is InChI=1S/C22H26O5/c1-3-4-5-6-7-14-26-18-11-8-17(9-12-18)10-13-19(23)21-20(24)15-16(2)27-22(21)25/h8-13,15,21H,3-7,14H2,1-2H3/b13-10+. The molecule has 0 N–H and O–H groups in total. The van der Waals surface area contributed by atoms with Crippen molar-refractivity contribution in [1.29, 1.82) is 0 Å². The van der Waals surface area contributed by atoms with Gasteiger partial charge in [0.15, 0.2) is 17.5 Å². The highest BCUT2D eigenvalue weighted by Crippen LogP contribution is 2.18. The van der Waals surface area contributed by atoms with Crippen LogP contribution < -0.4 is 4.74 Å². The van der Waals surface area contributed by atoms with Gasteiger partial charge < -0.3 is 9.47 Å². The van der Waals surface area contributed by atoms with Gasteiger partial charge in [0.1, 0.15) is 11.5 Å². The Labute approximate surface area is 160 Å². The van der Waals surface area contributed by atoms with Crippen LogP contribution in [0.3, 0.4) is 0 Å². The second kappa shape index (κ2) is 10.5. The Balaban J connectivity index is 1.84. The van der Waals surface area contributed by atoms with Crippen LogP contribution in [0, 0.1) is 5.92 Å². The summed E-state index contributed by atoms with van der Waals surface area (Å²) in [6, 6.07) is 7.31. The summed E-state index contributed by atoms with van der Waals surface area (Å²) in [5.74, 6) is -2.36. The van der Waals surface area contributed by atoms with Gasteiger partial charge in [-0.2, -0.15) is 0 Å². The SMILES string of the molecule is CCCCCCCOc1ccc(/C=C/C(=O)C2C(=O)C=C(C)OC2=O)cc1. The first-order valence-corrected chi connectivity index (χ1v) is 9.40. The molecular weight excluding hydrogens is 344 g/mol. The van der Waals surface area contributed by atoms with Gasteiger partial charge in [0.05, 0.1) is 6.61 Å². The molecule has 0 saturated heterocycles. The maximum Gasteiger partial charge on any atom is 0.329 e. The number of unbranched alkanes of at least 4 members (excludes halogenated alkanes) is 4. The number of ketones is 2. The van der Waals surface area contributed by atoms with Crippen LogP contribution in [0.2, 0.25) is 0 Å². The summed E-state index contributed by atoms with van der Waals surface area (Å²) in [4.78, 5) is 35.7. The number of hydrogen-bond acceptors (Lipinski definition) is 5. The van der Waals surface area contributed by atoms with E-state index in [4.69, 9.17) is 9.47 Å². The van der Waals surface area contributed by atoms with Gasteiger partial charge in [0.25, 0.3) is 0 Å². The average molecular weight is 370 g/mol. The fourth-order valence-corrected chi connectivity index (χ4v) is 2.75. The lowest BCUT2D eigenvalue weighted by Crippen LogP contribution is -2.34. The van der Waals surface area contributed by atoms with Crippen molar-refractivity contribution in [2.45, 2.75) is 46.0 Å². The van der Waals surface area contributed by atoms with E-state index in [1.54, 1.807) is 6.08 Å². The molecule has 0 aromatic heterocycles. The minimum absolute atomic E-state index is 0.207. The Bertz CT molecular complexity index is 728. The summed E-state index contributed by atoms with van der Waals surface area (Å²) in [6.45, 7) is 4.38. The van der Waals surface area contributed by atoms with Crippen molar-refractivity contribution < 1.29 is 23.9 Å². The summed E-state index contributed by atoms with van der Waals surface area (Å²) in [5.41, 5.74) is 0.780. The highest BCUT2D eigenvalue weighted by Gasteiger charge is 2.36. The molecule has 1 aliphatic heterocycles. The predicted octanol–water partition coefficient (Wildman–Crippen LogP) is 4.26. The number of hydrogen-bond donors (Lipinski definition) is 0. The Morgan fingerprint density at radius 1 is 1.11 bits per heavy atom. The number of allylic oxidation sites excluding steroid dienone is 3. The normalized spacial score (nSPS) is 17.0. The number of benzene rings is 1. The first-order chi connectivity index (χ1) is 13.0. The van der Waals surface area contributed by atoms with Crippen LogP contribution in [-0.2, 0) is 19.1 Å². The van der Waals surface area contributed by atoms with E-state index >= 15 is 0 Å². The van der Waals surface area contributed by atoms with Gasteiger partial charge in [0.2, 0.25) is 0 Å². The molecule has 1 aromatic rings. The minimum Gasteiger partial charge on any atom is -0.494 e. The molecular formula is C22H26O5. The number of carbonyl (C=O) groups is 3. The number of ether oxygens (including phenoxy) is 2. The van der Waals surface area contributed by atoms with E-state index in [0.717, 1.165) is 17.7 Å². The van der Waals surface area contributed by atoms with Gasteiger partial charge in [-0.25, -0.2) is 0 Å².